The van der Waals surface area contributed by atoms with Gasteiger partial charge in [-0.05, 0) is 26.4 Å². The van der Waals surface area contributed by atoms with Crippen molar-refractivity contribution >= 4 is 11.8 Å². The Hall–Kier alpha value is 0.270. The fourth-order valence-electron chi connectivity index (χ4n) is 1.92. The largest absolute Gasteiger partial charge is 0.314 e. The van der Waals surface area contributed by atoms with E-state index in [-0.39, 0.29) is 0 Å². The van der Waals surface area contributed by atoms with Gasteiger partial charge in [0.25, 0.3) is 0 Å². The summed E-state index contributed by atoms with van der Waals surface area (Å²) >= 11 is 2.11. The van der Waals surface area contributed by atoms with Gasteiger partial charge in [-0.2, -0.15) is 11.8 Å². The third-order valence-electron chi connectivity index (χ3n) is 2.76. The van der Waals surface area contributed by atoms with Crippen LogP contribution in [0.4, 0.5) is 0 Å². The molecule has 0 aromatic heterocycles. The number of nitrogens with zero attached hydrogens (tertiary/aromatic N) is 1. The third kappa shape index (κ3) is 4.67. The minimum absolute atomic E-state index is 0.671. The summed E-state index contributed by atoms with van der Waals surface area (Å²) in [7, 11) is 0. The molecule has 2 nitrogen and oxygen atoms in total. The standard InChI is InChI=1S/C11H24N2S/c1-4-12-10(2)5-6-13-7-8-14-11(3)9-13/h10-12H,4-9H2,1-3H3. The average Bonchev–Trinajstić information content (AvgIpc) is 2.15. The summed E-state index contributed by atoms with van der Waals surface area (Å²) in [6.07, 6.45) is 1.28. The number of thioether (sulfide) groups is 1. The maximum absolute atomic E-state index is 3.46. The predicted molar refractivity (Wildman–Crippen MR) is 66.1 cm³/mol. The van der Waals surface area contributed by atoms with Crippen molar-refractivity contribution in [3.63, 3.8) is 0 Å². The smallest absolute Gasteiger partial charge is 0.0147 e. The van der Waals surface area contributed by atoms with Gasteiger partial charge in [0, 0.05) is 30.1 Å². The molecule has 2 unspecified atom stereocenters. The Morgan fingerprint density at radius 2 is 2.36 bits per heavy atom. The van der Waals surface area contributed by atoms with Crippen LogP contribution >= 0.6 is 11.8 Å². The molecule has 0 radical (unpaired) electrons. The van der Waals surface area contributed by atoms with E-state index in [0.717, 1.165) is 11.8 Å². The zero-order valence-corrected chi connectivity index (χ0v) is 10.6. The summed E-state index contributed by atoms with van der Waals surface area (Å²) in [5.41, 5.74) is 0. The molecule has 3 heteroatoms. The van der Waals surface area contributed by atoms with Gasteiger partial charge >= 0.3 is 0 Å². The van der Waals surface area contributed by atoms with Crippen molar-refractivity contribution in [1.82, 2.24) is 10.2 Å². The van der Waals surface area contributed by atoms with Gasteiger partial charge in [0.2, 0.25) is 0 Å². The van der Waals surface area contributed by atoms with E-state index in [4.69, 9.17) is 0 Å². The minimum Gasteiger partial charge on any atom is -0.314 e. The van der Waals surface area contributed by atoms with Crippen LogP contribution in [0.2, 0.25) is 0 Å². The van der Waals surface area contributed by atoms with Crippen LogP contribution in [0.25, 0.3) is 0 Å². The van der Waals surface area contributed by atoms with Crippen molar-refractivity contribution in [3.05, 3.63) is 0 Å². The first kappa shape index (κ1) is 12.3. The lowest BCUT2D eigenvalue weighted by Crippen LogP contribution is -2.39. The molecule has 1 saturated heterocycles. The van der Waals surface area contributed by atoms with Crippen molar-refractivity contribution in [2.24, 2.45) is 0 Å². The Labute approximate surface area is 92.8 Å². The first-order valence-corrected chi connectivity index (χ1v) is 6.84. The molecule has 0 spiro atoms. The fourth-order valence-corrected chi connectivity index (χ4v) is 3.00. The summed E-state index contributed by atoms with van der Waals surface area (Å²) in [6.45, 7) is 11.7. The zero-order valence-electron chi connectivity index (χ0n) is 9.75. The fraction of sp³-hybridized carbons (Fsp3) is 1.00. The number of nitrogens with one attached hydrogen (secondary N) is 1. The van der Waals surface area contributed by atoms with Gasteiger partial charge < -0.3 is 10.2 Å². The lowest BCUT2D eigenvalue weighted by atomic mass is 10.2. The first-order chi connectivity index (χ1) is 6.72. The van der Waals surface area contributed by atoms with Crippen LogP contribution in [0.5, 0.6) is 0 Å². The van der Waals surface area contributed by atoms with E-state index in [0.29, 0.717) is 6.04 Å². The minimum atomic E-state index is 0.671. The molecule has 1 N–H and O–H groups in total. The maximum Gasteiger partial charge on any atom is 0.0147 e. The summed E-state index contributed by atoms with van der Waals surface area (Å²) in [6, 6.07) is 0.671. The molecule has 1 aliphatic rings. The van der Waals surface area contributed by atoms with Crippen LogP contribution < -0.4 is 5.32 Å². The van der Waals surface area contributed by atoms with Gasteiger partial charge in [0.05, 0.1) is 0 Å². The second-order valence-electron chi connectivity index (χ2n) is 4.23. The molecule has 0 aliphatic carbocycles. The van der Waals surface area contributed by atoms with Gasteiger partial charge in [-0.25, -0.2) is 0 Å². The Morgan fingerprint density at radius 1 is 1.57 bits per heavy atom. The molecule has 0 saturated carbocycles. The second kappa shape index (κ2) is 6.70. The lowest BCUT2D eigenvalue weighted by molar-refractivity contribution is 0.270. The van der Waals surface area contributed by atoms with Gasteiger partial charge in [-0.1, -0.05) is 13.8 Å². The number of rotatable bonds is 5. The molecule has 0 aromatic rings. The lowest BCUT2D eigenvalue weighted by Gasteiger charge is -2.31. The van der Waals surface area contributed by atoms with Gasteiger partial charge in [0.1, 0.15) is 0 Å². The van der Waals surface area contributed by atoms with Crippen molar-refractivity contribution in [1.29, 1.82) is 0 Å². The summed E-state index contributed by atoms with van der Waals surface area (Å²) in [5.74, 6) is 1.32. The molecular weight excluding hydrogens is 192 g/mol. The molecule has 84 valence electrons. The van der Waals surface area contributed by atoms with Crippen LogP contribution in [-0.4, -0.2) is 48.1 Å². The number of hydrogen-bond donors (Lipinski definition) is 1. The topological polar surface area (TPSA) is 15.3 Å². The third-order valence-corrected chi connectivity index (χ3v) is 3.89. The normalized spacial score (nSPS) is 26.4. The van der Waals surface area contributed by atoms with Crippen LogP contribution in [0.1, 0.15) is 27.2 Å². The molecule has 1 fully saturated rings. The Kier molecular flexibility index (Phi) is 5.90. The van der Waals surface area contributed by atoms with Crippen molar-refractivity contribution in [2.75, 3.05) is 31.9 Å². The highest BCUT2D eigenvalue weighted by Gasteiger charge is 2.16. The highest BCUT2D eigenvalue weighted by atomic mass is 32.2. The summed E-state index contributed by atoms with van der Waals surface area (Å²) in [5, 5.41) is 4.30. The van der Waals surface area contributed by atoms with Crippen molar-refractivity contribution in [2.45, 2.75) is 38.5 Å². The van der Waals surface area contributed by atoms with E-state index in [1.165, 1.54) is 31.8 Å². The highest BCUT2D eigenvalue weighted by Crippen LogP contribution is 2.17. The van der Waals surface area contributed by atoms with Crippen LogP contribution in [0, 0.1) is 0 Å². The number of hydrogen-bond acceptors (Lipinski definition) is 3. The molecule has 1 aliphatic heterocycles. The first-order valence-electron chi connectivity index (χ1n) is 5.79. The van der Waals surface area contributed by atoms with Crippen LogP contribution in [0.15, 0.2) is 0 Å². The van der Waals surface area contributed by atoms with Gasteiger partial charge in [0.15, 0.2) is 0 Å². The molecule has 0 bridgehead atoms. The van der Waals surface area contributed by atoms with E-state index in [1.54, 1.807) is 0 Å². The molecule has 1 heterocycles. The van der Waals surface area contributed by atoms with Crippen LogP contribution in [-0.2, 0) is 0 Å². The van der Waals surface area contributed by atoms with Crippen molar-refractivity contribution < 1.29 is 0 Å². The molecule has 0 aromatic carbocycles. The van der Waals surface area contributed by atoms with E-state index in [9.17, 15) is 0 Å². The summed E-state index contributed by atoms with van der Waals surface area (Å²) < 4.78 is 0. The van der Waals surface area contributed by atoms with Gasteiger partial charge in [-0.3, -0.25) is 0 Å². The molecular formula is C11H24N2S. The zero-order chi connectivity index (χ0) is 10.4. The Balaban J connectivity index is 2.10. The summed E-state index contributed by atoms with van der Waals surface area (Å²) in [4.78, 5) is 2.61. The van der Waals surface area contributed by atoms with E-state index < -0.39 is 0 Å². The van der Waals surface area contributed by atoms with E-state index in [2.05, 4.69) is 42.7 Å². The second-order valence-corrected chi connectivity index (χ2v) is 5.78. The molecule has 0 amide bonds. The molecule has 2 atom stereocenters. The molecule has 1 rings (SSSR count). The molecule has 14 heavy (non-hydrogen) atoms. The Morgan fingerprint density at radius 3 is 3.00 bits per heavy atom. The van der Waals surface area contributed by atoms with E-state index >= 15 is 0 Å². The Bertz CT molecular complexity index is 152. The average molecular weight is 216 g/mol. The predicted octanol–water partition coefficient (Wildman–Crippen LogP) is 1.81. The van der Waals surface area contributed by atoms with Gasteiger partial charge in [-0.15, -0.1) is 0 Å². The van der Waals surface area contributed by atoms with E-state index in [1.807, 2.05) is 0 Å². The highest BCUT2D eigenvalue weighted by molar-refractivity contribution is 7.99. The monoisotopic (exact) mass is 216 g/mol. The quantitative estimate of drug-likeness (QED) is 0.754. The van der Waals surface area contributed by atoms with Crippen LogP contribution in [0.3, 0.4) is 0 Å². The van der Waals surface area contributed by atoms with Crippen molar-refractivity contribution in [3.8, 4) is 0 Å². The maximum atomic E-state index is 3.46. The SMILES string of the molecule is CCNC(C)CCN1CCSC(C)C1.